The topological polar surface area (TPSA) is 12.0 Å². The summed E-state index contributed by atoms with van der Waals surface area (Å²) in [5.74, 6) is 0. The van der Waals surface area contributed by atoms with Crippen LogP contribution in [0.5, 0.6) is 0 Å². The number of allylic oxidation sites excluding steroid dienone is 2. The monoisotopic (exact) mass is 430 g/mol. The van der Waals surface area contributed by atoms with Crippen molar-refractivity contribution in [3.63, 3.8) is 0 Å². The summed E-state index contributed by atoms with van der Waals surface area (Å²) in [4.78, 5) is 0. The summed E-state index contributed by atoms with van der Waals surface area (Å²) in [6.45, 7) is 10.6. The van der Waals surface area contributed by atoms with Crippen molar-refractivity contribution >= 4 is 5.69 Å². The van der Waals surface area contributed by atoms with E-state index in [0.29, 0.717) is 0 Å². The number of hydrogen-bond acceptors (Lipinski definition) is 1. The highest BCUT2D eigenvalue weighted by Gasteiger charge is 2.17. The lowest BCUT2D eigenvalue weighted by molar-refractivity contribution is -0.326. The van der Waals surface area contributed by atoms with E-state index in [1.165, 1.54) is 56.4 Å². The second kappa shape index (κ2) is 7.14. The molecule has 0 saturated heterocycles. The van der Waals surface area contributed by atoms with Crippen LogP contribution in [0, 0.1) is 17.4 Å². The maximum absolute atomic E-state index is 4.14. The molecule has 0 unspecified atom stereocenters. The fraction of sp³-hybridized carbons (Fsp3) is 0.273. The maximum atomic E-state index is 4.14. The summed E-state index contributed by atoms with van der Waals surface area (Å²) in [5.41, 5.74) is 10.3. The predicted molar refractivity (Wildman–Crippen MR) is 101 cm³/mol. The van der Waals surface area contributed by atoms with Gasteiger partial charge in [-0.1, -0.05) is 24.8 Å². The first-order valence-corrected chi connectivity index (χ1v) is 9.66. The normalized spacial score (nSPS) is 13.4. The van der Waals surface area contributed by atoms with Gasteiger partial charge in [0.1, 0.15) is 0 Å². The zero-order valence-electron chi connectivity index (χ0n) is 14.7. The van der Waals surface area contributed by atoms with Crippen LogP contribution in [-0.2, 0) is 0 Å². The first-order chi connectivity index (χ1) is 11.5. The number of aryl methyl sites for hydroxylation is 2. The van der Waals surface area contributed by atoms with E-state index in [9.17, 15) is 0 Å². The minimum atomic E-state index is 1.13. The van der Waals surface area contributed by atoms with Crippen molar-refractivity contribution in [2.24, 2.45) is 0 Å². The van der Waals surface area contributed by atoms with Crippen LogP contribution in [0.3, 0.4) is 0 Å². The fourth-order valence-electron chi connectivity index (χ4n) is 2.99. The van der Waals surface area contributed by atoms with E-state index in [0.717, 1.165) is 11.3 Å². The SMILES string of the molecule is C=C(C)C(Nc1ccc(-c2ccc(C)c(C)c2)c([IH+])c1)=C1CCC1. The molecule has 2 heteroatoms. The average Bonchev–Trinajstić information content (AvgIpc) is 2.48. The van der Waals surface area contributed by atoms with Crippen LogP contribution in [0.15, 0.2) is 59.8 Å². The molecule has 0 amide bonds. The third-order valence-electron chi connectivity index (χ3n) is 4.81. The summed E-state index contributed by atoms with van der Waals surface area (Å²) >= 11 is 2.10. The maximum Gasteiger partial charge on any atom is 0.297 e. The van der Waals surface area contributed by atoms with Crippen LogP contribution in [0.25, 0.3) is 11.1 Å². The first-order valence-electron chi connectivity index (χ1n) is 8.49. The van der Waals surface area contributed by atoms with Crippen molar-refractivity contribution in [1.82, 2.24) is 0 Å². The minimum absolute atomic E-state index is 1.13. The Morgan fingerprint density at radius 2 is 1.79 bits per heavy atom. The van der Waals surface area contributed by atoms with E-state index in [2.05, 4.69) is 91.7 Å². The van der Waals surface area contributed by atoms with Gasteiger partial charge in [0.2, 0.25) is 0 Å². The van der Waals surface area contributed by atoms with Gasteiger partial charge in [0, 0.05) is 23.0 Å². The van der Waals surface area contributed by atoms with E-state index < -0.39 is 0 Å². The van der Waals surface area contributed by atoms with Crippen molar-refractivity contribution in [3.05, 3.63) is 74.5 Å². The molecule has 0 aromatic heterocycles. The number of benzene rings is 2. The molecule has 0 bridgehead atoms. The first kappa shape index (κ1) is 17.3. The van der Waals surface area contributed by atoms with Crippen molar-refractivity contribution in [2.75, 3.05) is 5.32 Å². The molecule has 0 spiro atoms. The third-order valence-corrected chi connectivity index (χ3v) is 5.77. The molecule has 1 fully saturated rings. The Morgan fingerprint density at radius 3 is 2.33 bits per heavy atom. The number of anilines is 1. The summed E-state index contributed by atoms with van der Waals surface area (Å²) in [7, 11) is 0. The highest BCUT2D eigenvalue weighted by atomic mass is 127. The molecule has 0 radical (unpaired) electrons. The predicted octanol–water partition coefficient (Wildman–Crippen LogP) is 2.85. The highest BCUT2D eigenvalue weighted by Crippen LogP contribution is 2.32. The largest absolute Gasteiger partial charge is 0.355 e. The number of hydrogen-bond donors (Lipinski definition) is 1. The van der Waals surface area contributed by atoms with Gasteiger partial charge in [-0.25, -0.2) is 0 Å². The smallest absolute Gasteiger partial charge is 0.297 e. The van der Waals surface area contributed by atoms with Crippen LogP contribution in [0.1, 0.15) is 37.3 Å². The molecule has 1 N–H and O–H groups in total. The van der Waals surface area contributed by atoms with Crippen molar-refractivity contribution in [1.29, 1.82) is 0 Å². The number of halogens is 1. The molecule has 0 atom stereocenters. The quantitative estimate of drug-likeness (QED) is 0.736. The molecule has 124 valence electrons. The molecule has 2 aromatic rings. The summed E-state index contributed by atoms with van der Waals surface area (Å²) in [6.07, 6.45) is 3.71. The molecule has 3 rings (SSSR count). The van der Waals surface area contributed by atoms with Gasteiger partial charge in [-0.3, -0.25) is 0 Å². The van der Waals surface area contributed by atoms with Gasteiger partial charge in [-0.05, 0) is 80.0 Å². The van der Waals surface area contributed by atoms with Crippen LogP contribution < -0.4 is 27.9 Å². The van der Waals surface area contributed by atoms with Crippen molar-refractivity contribution in [2.45, 2.75) is 40.0 Å². The van der Waals surface area contributed by atoms with Crippen molar-refractivity contribution in [3.8, 4) is 11.1 Å². The van der Waals surface area contributed by atoms with E-state index in [1.807, 2.05) is 0 Å². The van der Waals surface area contributed by atoms with Gasteiger partial charge in [-0.2, -0.15) is 0 Å². The minimum Gasteiger partial charge on any atom is -0.355 e. The molecular formula is C22H25IN+. The Balaban J connectivity index is 1.89. The average molecular weight is 430 g/mol. The van der Waals surface area contributed by atoms with Gasteiger partial charge in [0.15, 0.2) is 3.57 Å². The third kappa shape index (κ3) is 3.59. The molecule has 1 saturated carbocycles. The second-order valence-electron chi connectivity index (χ2n) is 6.75. The van der Waals surface area contributed by atoms with E-state index in [-0.39, 0.29) is 0 Å². The standard InChI is InChI=1S/C22H25IN/c1-14(2)22(17-6-5-7-17)24-19-10-11-20(21(23)13-19)18-9-8-15(3)16(4)12-18/h8-13,23-24H,1,5-7H2,2-4H3/q+1. The van der Waals surface area contributed by atoms with Gasteiger partial charge >= 0.3 is 0 Å². The van der Waals surface area contributed by atoms with Gasteiger partial charge in [0.05, 0.1) is 0 Å². The number of nitrogens with one attached hydrogen (secondary N) is 1. The zero-order chi connectivity index (χ0) is 17.3. The lowest BCUT2D eigenvalue weighted by atomic mass is 9.88. The van der Waals surface area contributed by atoms with Crippen LogP contribution in [0.2, 0.25) is 0 Å². The Labute approximate surface area is 159 Å². The summed E-state index contributed by atoms with van der Waals surface area (Å²) in [5, 5.41) is 3.60. The molecule has 1 aliphatic rings. The highest BCUT2D eigenvalue weighted by molar-refractivity contribution is 5.67. The molecule has 24 heavy (non-hydrogen) atoms. The van der Waals surface area contributed by atoms with E-state index in [4.69, 9.17) is 0 Å². The Bertz CT molecular complexity index is 824. The lowest BCUT2D eigenvalue weighted by Gasteiger charge is -2.23. The Morgan fingerprint density at radius 1 is 1.04 bits per heavy atom. The van der Waals surface area contributed by atoms with Crippen molar-refractivity contribution < 1.29 is 22.6 Å². The van der Waals surface area contributed by atoms with Gasteiger partial charge in [0.25, 0.3) is 22.6 Å². The molecule has 2 aromatic carbocycles. The Kier molecular flexibility index (Phi) is 5.14. The second-order valence-corrected chi connectivity index (χ2v) is 8.00. The van der Waals surface area contributed by atoms with Gasteiger partial charge < -0.3 is 5.32 Å². The van der Waals surface area contributed by atoms with Gasteiger partial charge in [-0.15, -0.1) is 0 Å². The lowest BCUT2D eigenvalue weighted by Crippen LogP contribution is -3.34. The summed E-state index contributed by atoms with van der Waals surface area (Å²) < 4.78 is 1.30. The molecule has 0 aliphatic heterocycles. The molecule has 1 aliphatic carbocycles. The number of rotatable bonds is 4. The van der Waals surface area contributed by atoms with E-state index in [1.54, 1.807) is 0 Å². The van der Waals surface area contributed by atoms with Crippen LogP contribution in [0.4, 0.5) is 5.69 Å². The molecule has 0 heterocycles. The van der Waals surface area contributed by atoms with Crippen LogP contribution in [-0.4, -0.2) is 0 Å². The Hall–Kier alpha value is -1.55. The van der Waals surface area contributed by atoms with E-state index >= 15 is 0 Å². The zero-order valence-corrected chi connectivity index (χ0v) is 17.0. The van der Waals surface area contributed by atoms with Crippen LogP contribution >= 0.6 is 0 Å². The molecule has 1 nitrogen and oxygen atoms in total. The summed E-state index contributed by atoms with van der Waals surface area (Å²) in [6, 6.07) is 13.4. The fourth-order valence-corrected chi connectivity index (χ4v) is 3.89. The molecular weight excluding hydrogens is 405 g/mol.